The molecule has 0 N–H and O–H groups in total. The first-order chi connectivity index (χ1) is 8.75. The quantitative estimate of drug-likeness (QED) is 0.779. The maximum absolute atomic E-state index is 11.6. The Morgan fingerprint density at radius 2 is 2.17 bits per heavy atom. The molecular weight excluding hydrogens is 248 g/mol. The van der Waals surface area contributed by atoms with Crippen molar-refractivity contribution in [3.05, 3.63) is 23.8 Å². The van der Waals surface area contributed by atoms with E-state index in [4.69, 9.17) is 4.74 Å². The lowest BCUT2D eigenvalue weighted by atomic mass is 10.1. The number of hydrogen-bond donors (Lipinski definition) is 0. The van der Waals surface area contributed by atoms with Crippen LogP contribution in [0.25, 0.3) is 10.2 Å². The van der Waals surface area contributed by atoms with Gasteiger partial charge in [-0.3, -0.25) is 4.79 Å². The van der Waals surface area contributed by atoms with Crippen molar-refractivity contribution < 1.29 is 9.53 Å². The third-order valence-corrected chi connectivity index (χ3v) is 4.15. The molecule has 2 aromatic rings. The molecule has 0 spiro atoms. The fourth-order valence-corrected chi connectivity index (χ4v) is 3.16. The first kappa shape index (κ1) is 11.6. The van der Waals surface area contributed by atoms with Crippen LogP contribution in [0.4, 0.5) is 5.13 Å². The normalized spacial score (nSPS) is 16.2. The minimum absolute atomic E-state index is 0.0689. The van der Waals surface area contributed by atoms with E-state index < -0.39 is 0 Å². The van der Waals surface area contributed by atoms with Crippen molar-refractivity contribution in [2.45, 2.75) is 6.92 Å². The summed E-state index contributed by atoms with van der Waals surface area (Å²) in [4.78, 5) is 18.4. The molecule has 1 aliphatic rings. The summed E-state index contributed by atoms with van der Waals surface area (Å²) in [5, 5.41) is 0.988. The molecule has 4 nitrogen and oxygen atoms in total. The molecule has 0 aliphatic carbocycles. The molecule has 1 aromatic heterocycles. The van der Waals surface area contributed by atoms with Crippen LogP contribution < -0.4 is 4.90 Å². The van der Waals surface area contributed by atoms with Gasteiger partial charge in [0.15, 0.2) is 10.9 Å². The van der Waals surface area contributed by atoms with Gasteiger partial charge in [-0.05, 0) is 19.1 Å². The molecule has 94 valence electrons. The number of thiazole rings is 1. The number of hydrogen-bond acceptors (Lipinski definition) is 5. The van der Waals surface area contributed by atoms with Gasteiger partial charge in [0, 0.05) is 18.7 Å². The number of Topliss-reactive ketones (excluding diaryl/α,β-unsaturated/α-hetero) is 1. The molecule has 0 bridgehead atoms. The van der Waals surface area contributed by atoms with Gasteiger partial charge in [-0.15, -0.1) is 0 Å². The highest BCUT2D eigenvalue weighted by molar-refractivity contribution is 7.22. The fourth-order valence-electron chi connectivity index (χ4n) is 2.11. The minimum atomic E-state index is 0.0689. The van der Waals surface area contributed by atoms with Crippen LogP contribution in [0.15, 0.2) is 18.2 Å². The van der Waals surface area contributed by atoms with Crippen molar-refractivity contribution in [3.8, 4) is 0 Å². The van der Waals surface area contributed by atoms with E-state index >= 15 is 0 Å². The van der Waals surface area contributed by atoms with E-state index in [1.165, 1.54) is 0 Å². The largest absolute Gasteiger partial charge is 0.378 e. The summed E-state index contributed by atoms with van der Waals surface area (Å²) in [5.74, 6) is 0.0689. The van der Waals surface area contributed by atoms with Crippen LogP contribution >= 0.6 is 11.3 Å². The minimum Gasteiger partial charge on any atom is -0.378 e. The Morgan fingerprint density at radius 1 is 1.39 bits per heavy atom. The number of ketones is 1. The number of carbonyl (C=O) groups is 1. The average molecular weight is 262 g/mol. The number of ether oxygens (including phenoxy) is 1. The van der Waals surface area contributed by atoms with Crippen molar-refractivity contribution in [1.82, 2.24) is 4.98 Å². The predicted molar refractivity (Wildman–Crippen MR) is 72.7 cm³/mol. The summed E-state index contributed by atoms with van der Waals surface area (Å²) in [6.45, 7) is 4.82. The van der Waals surface area contributed by atoms with Crippen LogP contribution in [-0.4, -0.2) is 37.1 Å². The Bertz CT molecular complexity index is 588. The predicted octanol–water partition coefficient (Wildman–Crippen LogP) is 2.34. The molecule has 5 heteroatoms. The second-order valence-corrected chi connectivity index (χ2v) is 5.31. The van der Waals surface area contributed by atoms with E-state index in [0.29, 0.717) is 5.56 Å². The van der Waals surface area contributed by atoms with Crippen LogP contribution in [0.5, 0.6) is 0 Å². The number of morpholine rings is 1. The lowest BCUT2D eigenvalue weighted by Gasteiger charge is -2.25. The van der Waals surface area contributed by atoms with Crippen molar-refractivity contribution in [1.29, 1.82) is 0 Å². The Labute approximate surface area is 109 Å². The Kier molecular flexibility index (Phi) is 3.01. The number of benzene rings is 1. The smallest absolute Gasteiger partial charge is 0.186 e. The summed E-state index contributed by atoms with van der Waals surface area (Å²) in [7, 11) is 0. The summed E-state index contributed by atoms with van der Waals surface area (Å²) >= 11 is 1.64. The van der Waals surface area contributed by atoms with Crippen molar-refractivity contribution >= 4 is 32.5 Å². The first-order valence-electron chi connectivity index (χ1n) is 5.99. The van der Waals surface area contributed by atoms with Crippen LogP contribution in [0.1, 0.15) is 17.3 Å². The summed E-state index contributed by atoms with van der Waals surface area (Å²) in [6.07, 6.45) is 0. The molecule has 2 heterocycles. The Hall–Kier alpha value is -1.46. The molecule has 1 aliphatic heterocycles. The van der Waals surface area contributed by atoms with Gasteiger partial charge in [0.25, 0.3) is 0 Å². The number of aromatic nitrogens is 1. The van der Waals surface area contributed by atoms with E-state index in [9.17, 15) is 4.79 Å². The van der Waals surface area contributed by atoms with E-state index in [1.807, 2.05) is 18.2 Å². The van der Waals surface area contributed by atoms with Gasteiger partial charge in [-0.25, -0.2) is 4.98 Å². The highest BCUT2D eigenvalue weighted by Crippen LogP contribution is 2.31. The maximum Gasteiger partial charge on any atom is 0.186 e. The number of fused-ring (bicyclic) bond motifs is 1. The molecular formula is C13H14N2O2S. The van der Waals surface area contributed by atoms with Gasteiger partial charge in [0.2, 0.25) is 0 Å². The van der Waals surface area contributed by atoms with Gasteiger partial charge in [0.1, 0.15) is 0 Å². The Balaban J connectivity index is 2.04. The molecule has 1 saturated heterocycles. The Morgan fingerprint density at radius 3 is 2.89 bits per heavy atom. The second-order valence-electron chi connectivity index (χ2n) is 4.30. The lowest BCUT2D eigenvalue weighted by Crippen LogP contribution is -2.36. The molecule has 1 fully saturated rings. The molecule has 0 atom stereocenters. The SMILES string of the molecule is CC(=O)c1cccc2sc(N3CCOCC3)nc12. The zero-order valence-corrected chi connectivity index (χ0v) is 11.0. The highest BCUT2D eigenvalue weighted by atomic mass is 32.1. The van der Waals surface area contributed by atoms with Gasteiger partial charge in [-0.1, -0.05) is 17.4 Å². The standard InChI is InChI=1S/C13H14N2O2S/c1-9(16)10-3-2-4-11-12(10)14-13(18-11)15-5-7-17-8-6-15/h2-4H,5-8H2,1H3. The summed E-state index contributed by atoms with van der Waals surface area (Å²) in [5.41, 5.74) is 1.54. The molecule has 3 rings (SSSR count). The molecule has 1 aromatic carbocycles. The first-order valence-corrected chi connectivity index (χ1v) is 6.80. The van der Waals surface area contributed by atoms with Crippen molar-refractivity contribution in [3.63, 3.8) is 0 Å². The van der Waals surface area contributed by atoms with Crippen LogP contribution in [0.3, 0.4) is 0 Å². The number of carbonyl (C=O) groups excluding carboxylic acids is 1. The van der Waals surface area contributed by atoms with Gasteiger partial charge in [0.05, 0.1) is 23.4 Å². The highest BCUT2D eigenvalue weighted by Gasteiger charge is 2.17. The van der Waals surface area contributed by atoms with E-state index in [-0.39, 0.29) is 5.78 Å². The van der Waals surface area contributed by atoms with Crippen molar-refractivity contribution in [2.75, 3.05) is 31.2 Å². The molecule has 0 amide bonds. The van der Waals surface area contributed by atoms with Gasteiger partial charge >= 0.3 is 0 Å². The monoisotopic (exact) mass is 262 g/mol. The molecule has 0 unspecified atom stereocenters. The third kappa shape index (κ3) is 2.00. The molecule has 0 radical (unpaired) electrons. The summed E-state index contributed by atoms with van der Waals surface area (Å²) < 4.78 is 6.41. The fraction of sp³-hybridized carbons (Fsp3) is 0.385. The topological polar surface area (TPSA) is 42.4 Å². The van der Waals surface area contributed by atoms with Gasteiger partial charge in [-0.2, -0.15) is 0 Å². The average Bonchev–Trinajstić information content (AvgIpc) is 2.83. The number of para-hydroxylation sites is 1. The lowest BCUT2D eigenvalue weighted by molar-refractivity contribution is 0.101. The molecule has 18 heavy (non-hydrogen) atoms. The number of rotatable bonds is 2. The number of nitrogens with zero attached hydrogens (tertiary/aromatic N) is 2. The second kappa shape index (κ2) is 4.66. The van der Waals surface area contributed by atoms with Crippen LogP contribution in [0, 0.1) is 0 Å². The van der Waals surface area contributed by atoms with Crippen molar-refractivity contribution in [2.24, 2.45) is 0 Å². The van der Waals surface area contributed by atoms with Crippen LogP contribution in [-0.2, 0) is 4.74 Å². The zero-order chi connectivity index (χ0) is 12.5. The maximum atomic E-state index is 11.6. The number of anilines is 1. The van der Waals surface area contributed by atoms with Gasteiger partial charge < -0.3 is 9.64 Å². The van der Waals surface area contributed by atoms with Crippen LogP contribution in [0.2, 0.25) is 0 Å². The van der Waals surface area contributed by atoms with E-state index in [1.54, 1.807) is 18.3 Å². The third-order valence-electron chi connectivity index (χ3n) is 3.07. The van der Waals surface area contributed by atoms with E-state index in [2.05, 4.69) is 9.88 Å². The molecule has 0 saturated carbocycles. The zero-order valence-electron chi connectivity index (χ0n) is 10.2. The van der Waals surface area contributed by atoms with E-state index in [0.717, 1.165) is 41.7 Å². The summed E-state index contributed by atoms with van der Waals surface area (Å²) in [6, 6.07) is 5.78.